The summed E-state index contributed by atoms with van der Waals surface area (Å²) in [7, 11) is 0. The number of rotatable bonds is 0. The van der Waals surface area contributed by atoms with E-state index >= 15 is 0 Å². The first kappa shape index (κ1) is 17.2. The van der Waals surface area contributed by atoms with E-state index in [1.54, 1.807) is 0 Å². The molecule has 9 atom stereocenters. The second kappa shape index (κ2) is 4.55. The Morgan fingerprint density at radius 3 is 2.38 bits per heavy atom. The molecule has 5 rings (SSSR count). The van der Waals surface area contributed by atoms with Crippen molar-refractivity contribution in [1.82, 2.24) is 0 Å². The standard InChI is InChI=1S/C22H31NO3/c1-18-8-6-16-14(15(18)7-9-20(18,3)25)5-10-22-19(16,2)11-13(12-23)17(24)21(22,4)26-22/h13-16,25H,5-11H2,1-4H3/t13-,14-,15-,16-,18-,19+,20-,21-,22-/m0/s1. The largest absolute Gasteiger partial charge is 0.390 e. The number of carbonyl (C=O) groups is 1. The maximum Gasteiger partial charge on any atom is 0.184 e. The van der Waals surface area contributed by atoms with Crippen LogP contribution in [-0.4, -0.2) is 27.7 Å². The van der Waals surface area contributed by atoms with Crippen LogP contribution >= 0.6 is 0 Å². The fourth-order valence-corrected chi connectivity index (χ4v) is 8.47. The van der Waals surface area contributed by atoms with Crippen molar-refractivity contribution in [1.29, 1.82) is 5.26 Å². The molecule has 0 aromatic carbocycles. The van der Waals surface area contributed by atoms with Gasteiger partial charge >= 0.3 is 0 Å². The quantitative estimate of drug-likeness (QED) is 0.672. The van der Waals surface area contributed by atoms with Crippen LogP contribution in [0.1, 0.15) is 72.6 Å². The predicted octanol–water partition coefficient (Wildman–Crippen LogP) is 3.62. The van der Waals surface area contributed by atoms with Gasteiger partial charge in [0, 0.05) is 5.41 Å². The number of nitrogens with zero attached hydrogens (tertiary/aromatic N) is 1. The second-order valence-corrected chi connectivity index (χ2v) is 10.8. The highest BCUT2D eigenvalue weighted by atomic mass is 16.6. The van der Waals surface area contributed by atoms with Crippen molar-refractivity contribution < 1.29 is 14.6 Å². The van der Waals surface area contributed by atoms with Crippen molar-refractivity contribution in [2.24, 2.45) is 34.5 Å². The number of fused-ring (bicyclic) bond motifs is 4. The Bertz CT molecular complexity index is 740. The zero-order valence-corrected chi connectivity index (χ0v) is 16.5. The van der Waals surface area contributed by atoms with E-state index in [2.05, 4.69) is 19.9 Å². The van der Waals surface area contributed by atoms with E-state index in [1.807, 2.05) is 13.8 Å². The van der Waals surface area contributed by atoms with Crippen LogP contribution in [-0.2, 0) is 9.53 Å². The molecule has 0 aromatic rings. The first-order valence-corrected chi connectivity index (χ1v) is 10.4. The molecular formula is C22H31NO3. The summed E-state index contributed by atoms with van der Waals surface area (Å²) in [6.07, 6.45) is 6.80. The summed E-state index contributed by atoms with van der Waals surface area (Å²) in [6, 6.07) is 2.28. The Kier molecular flexibility index (Phi) is 3.01. The molecule has 5 aliphatic rings. The van der Waals surface area contributed by atoms with Gasteiger partial charge in [0.05, 0.1) is 11.7 Å². The van der Waals surface area contributed by atoms with Crippen LogP contribution in [0.4, 0.5) is 0 Å². The highest BCUT2D eigenvalue weighted by Crippen LogP contribution is 2.76. The Morgan fingerprint density at radius 1 is 1.04 bits per heavy atom. The van der Waals surface area contributed by atoms with Gasteiger partial charge in [-0.3, -0.25) is 4.79 Å². The average molecular weight is 357 g/mol. The maximum absolute atomic E-state index is 12.8. The Morgan fingerprint density at radius 2 is 1.69 bits per heavy atom. The normalized spacial score (nSPS) is 63.2. The number of hydrogen-bond acceptors (Lipinski definition) is 4. The third kappa shape index (κ3) is 1.55. The van der Waals surface area contributed by atoms with Gasteiger partial charge in [0.15, 0.2) is 11.4 Å². The number of nitriles is 1. The summed E-state index contributed by atoms with van der Waals surface area (Å²) < 4.78 is 6.28. The number of ketones is 1. The molecule has 1 spiro atoms. The Balaban J connectivity index is 1.55. The van der Waals surface area contributed by atoms with E-state index < -0.39 is 17.1 Å². The first-order valence-electron chi connectivity index (χ1n) is 10.4. The van der Waals surface area contributed by atoms with Crippen molar-refractivity contribution in [2.45, 2.75) is 89.4 Å². The Hall–Kier alpha value is -0.920. The molecule has 1 heterocycles. The molecule has 1 N–H and O–H groups in total. The van der Waals surface area contributed by atoms with Gasteiger partial charge in [-0.15, -0.1) is 0 Å². The van der Waals surface area contributed by atoms with E-state index in [4.69, 9.17) is 4.74 Å². The molecule has 142 valence electrons. The lowest BCUT2D eigenvalue weighted by Gasteiger charge is -2.60. The van der Waals surface area contributed by atoms with Gasteiger partial charge in [0.2, 0.25) is 0 Å². The van der Waals surface area contributed by atoms with Crippen LogP contribution in [0.2, 0.25) is 0 Å². The molecule has 0 amide bonds. The van der Waals surface area contributed by atoms with Crippen molar-refractivity contribution in [3.8, 4) is 6.07 Å². The summed E-state index contributed by atoms with van der Waals surface area (Å²) in [4.78, 5) is 12.8. The summed E-state index contributed by atoms with van der Waals surface area (Å²) in [5.74, 6) is 1.11. The molecule has 4 heteroatoms. The highest BCUT2D eigenvalue weighted by molar-refractivity contribution is 5.96. The number of ether oxygens (including phenoxy) is 1. The smallest absolute Gasteiger partial charge is 0.184 e. The van der Waals surface area contributed by atoms with Crippen LogP contribution < -0.4 is 0 Å². The summed E-state index contributed by atoms with van der Waals surface area (Å²) >= 11 is 0. The maximum atomic E-state index is 12.8. The predicted molar refractivity (Wildman–Crippen MR) is 96.0 cm³/mol. The number of epoxide rings is 1. The molecule has 0 bridgehead atoms. The van der Waals surface area contributed by atoms with Gasteiger partial charge < -0.3 is 9.84 Å². The van der Waals surface area contributed by atoms with E-state index in [0.717, 1.165) is 38.5 Å². The fourth-order valence-electron chi connectivity index (χ4n) is 8.47. The lowest BCUT2D eigenvalue weighted by molar-refractivity contribution is -0.153. The SMILES string of the molecule is C[C@]1(O)CC[C@H]2[C@@H]3CC[C@@]45O[C@@]4(C)C(=O)[C@H](C#N)C[C@]5(C)[C@H]3CC[C@@]21C. The number of carbonyl (C=O) groups excluding carboxylic acids is 1. The van der Waals surface area contributed by atoms with Crippen LogP contribution in [0.15, 0.2) is 0 Å². The van der Waals surface area contributed by atoms with Gasteiger partial charge in [0.25, 0.3) is 0 Å². The van der Waals surface area contributed by atoms with Crippen molar-refractivity contribution in [2.75, 3.05) is 0 Å². The third-order valence-corrected chi connectivity index (χ3v) is 10.2. The molecule has 4 aliphatic carbocycles. The zero-order valence-electron chi connectivity index (χ0n) is 16.5. The van der Waals surface area contributed by atoms with E-state index in [0.29, 0.717) is 24.2 Å². The number of Topliss-reactive ketones (excluding diaryl/α,β-unsaturated/α-hetero) is 1. The summed E-state index contributed by atoms with van der Waals surface area (Å²) in [5, 5.41) is 20.6. The summed E-state index contributed by atoms with van der Waals surface area (Å²) in [5.41, 5.74) is -1.76. The van der Waals surface area contributed by atoms with Gasteiger partial charge in [-0.2, -0.15) is 5.26 Å². The van der Waals surface area contributed by atoms with E-state index in [-0.39, 0.29) is 22.2 Å². The van der Waals surface area contributed by atoms with Gasteiger partial charge in [-0.25, -0.2) is 0 Å². The molecule has 4 saturated carbocycles. The summed E-state index contributed by atoms with van der Waals surface area (Å²) in [6.45, 7) is 8.57. The molecule has 4 nitrogen and oxygen atoms in total. The van der Waals surface area contributed by atoms with Gasteiger partial charge in [-0.05, 0) is 82.0 Å². The van der Waals surface area contributed by atoms with Crippen molar-refractivity contribution >= 4 is 5.78 Å². The van der Waals surface area contributed by atoms with Crippen molar-refractivity contribution in [3.63, 3.8) is 0 Å². The molecule has 1 aliphatic heterocycles. The lowest BCUT2D eigenvalue weighted by Crippen LogP contribution is -2.62. The monoisotopic (exact) mass is 357 g/mol. The molecule has 0 radical (unpaired) electrons. The molecular weight excluding hydrogens is 326 g/mol. The van der Waals surface area contributed by atoms with Crippen molar-refractivity contribution in [3.05, 3.63) is 0 Å². The topological polar surface area (TPSA) is 73.6 Å². The minimum absolute atomic E-state index is 0.00184. The average Bonchev–Trinajstić information content (AvgIpc) is 3.14. The van der Waals surface area contributed by atoms with Crippen LogP contribution in [0, 0.1) is 45.8 Å². The molecule has 0 aromatic heterocycles. The van der Waals surface area contributed by atoms with Gasteiger partial charge in [0.1, 0.15) is 11.5 Å². The van der Waals surface area contributed by atoms with Crippen LogP contribution in [0.3, 0.4) is 0 Å². The number of aliphatic hydroxyl groups is 1. The molecule has 0 unspecified atom stereocenters. The van der Waals surface area contributed by atoms with E-state index in [1.165, 1.54) is 0 Å². The van der Waals surface area contributed by atoms with Crippen LogP contribution in [0.5, 0.6) is 0 Å². The second-order valence-electron chi connectivity index (χ2n) is 10.8. The first-order chi connectivity index (χ1) is 12.1. The molecule has 26 heavy (non-hydrogen) atoms. The molecule has 5 fully saturated rings. The zero-order chi connectivity index (χ0) is 18.8. The van der Waals surface area contributed by atoms with Gasteiger partial charge in [-0.1, -0.05) is 13.8 Å². The van der Waals surface area contributed by atoms with Crippen LogP contribution in [0.25, 0.3) is 0 Å². The minimum Gasteiger partial charge on any atom is -0.390 e. The third-order valence-electron chi connectivity index (χ3n) is 10.2. The highest BCUT2D eigenvalue weighted by Gasteiger charge is 2.84. The van der Waals surface area contributed by atoms with E-state index in [9.17, 15) is 15.2 Å². The fraction of sp³-hybridized carbons (Fsp3) is 0.909. The number of hydrogen-bond donors (Lipinski definition) is 1. The Labute approximate surface area is 156 Å². The minimum atomic E-state index is -0.743. The lowest BCUT2D eigenvalue weighted by atomic mass is 9.42. The molecule has 1 saturated heterocycles.